The van der Waals surface area contributed by atoms with E-state index in [1.165, 1.54) is 17.7 Å². The Bertz CT molecular complexity index is 506. The molecule has 0 fully saturated rings. The van der Waals surface area contributed by atoms with Crippen LogP contribution in [0, 0.1) is 5.82 Å². The zero-order valence-corrected chi connectivity index (χ0v) is 9.91. The van der Waals surface area contributed by atoms with Crippen molar-refractivity contribution in [3.8, 4) is 11.1 Å². The average molecular weight is 226 g/mol. The molecule has 17 heavy (non-hydrogen) atoms. The summed E-state index contributed by atoms with van der Waals surface area (Å²) in [5.41, 5.74) is 4.55. The van der Waals surface area contributed by atoms with E-state index < -0.39 is 0 Å². The van der Waals surface area contributed by atoms with Crippen LogP contribution >= 0.6 is 0 Å². The van der Waals surface area contributed by atoms with E-state index >= 15 is 0 Å². The van der Waals surface area contributed by atoms with Crippen molar-refractivity contribution in [2.75, 3.05) is 0 Å². The Morgan fingerprint density at radius 1 is 0.941 bits per heavy atom. The Morgan fingerprint density at radius 3 is 1.88 bits per heavy atom. The fourth-order valence-corrected chi connectivity index (χ4v) is 1.81. The predicted molar refractivity (Wildman–Crippen MR) is 70.4 cm³/mol. The normalized spacial score (nSPS) is 10.2. The maximum atomic E-state index is 12.8. The number of rotatable bonds is 3. The maximum Gasteiger partial charge on any atom is 0.123 e. The lowest BCUT2D eigenvalue weighted by atomic mass is 10.0. The van der Waals surface area contributed by atoms with Crippen molar-refractivity contribution in [2.24, 2.45) is 0 Å². The van der Waals surface area contributed by atoms with Crippen LogP contribution in [0.2, 0.25) is 0 Å². The van der Waals surface area contributed by atoms with Gasteiger partial charge in [-0.25, -0.2) is 4.39 Å². The summed E-state index contributed by atoms with van der Waals surface area (Å²) in [5.74, 6) is -0.201. The summed E-state index contributed by atoms with van der Waals surface area (Å²) in [5, 5.41) is 0. The van der Waals surface area contributed by atoms with E-state index in [1.54, 1.807) is 12.1 Å². The van der Waals surface area contributed by atoms with Crippen molar-refractivity contribution in [3.05, 3.63) is 72.1 Å². The highest BCUT2D eigenvalue weighted by Crippen LogP contribution is 2.20. The second kappa shape index (κ2) is 4.96. The summed E-state index contributed by atoms with van der Waals surface area (Å²) >= 11 is 0. The first-order chi connectivity index (χ1) is 8.15. The van der Waals surface area contributed by atoms with Gasteiger partial charge in [-0.2, -0.15) is 0 Å². The number of benzene rings is 2. The third-order valence-electron chi connectivity index (χ3n) is 2.64. The third-order valence-corrected chi connectivity index (χ3v) is 2.64. The highest BCUT2D eigenvalue weighted by atomic mass is 19.1. The Balaban J connectivity index is 2.23. The van der Waals surface area contributed by atoms with Crippen LogP contribution in [0.4, 0.5) is 4.39 Å². The molecule has 0 aliphatic carbocycles. The molecule has 0 aliphatic heterocycles. The molecule has 2 aromatic carbocycles. The average Bonchev–Trinajstić information content (AvgIpc) is 2.30. The van der Waals surface area contributed by atoms with Gasteiger partial charge in [-0.05, 0) is 42.2 Å². The first kappa shape index (κ1) is 11.6. The van der Waals surface area contributed by atoms with Crippen molar-refractivity contribution in [3.63, 3.8) is 0 Å². The molecule has 0 atom stereocenters. The van der Waals surface area contributed by atoms with Crippen LogP contribution in [0.25, 0.3) is 11.1 Å². The van der Waals surface area contributed by atoms with E-state index in [0.29, 0.717) is 0 Å². The SMILES string of the molecule is C=C(C)Cc1ccc(-c2ccc(F)cc2)cc1. The van der Waals surface area contributed by atoms with Gasteiger partial charge in [-0.15, -0.1) is 0 Å². The molecule has 2 rings (SSSR count). The molecule has 0 bridgehead atoms. The van der Waals surface area contributed by atoms with Crippen molar-refractivity contribution in [1.29, 1.82) is 0 Å². The molecule has 0 unspecified atom stereocenters. The first-order valence-corrected chi connectivity index (χ1v) is 5.64. The largest absolute Gasteiger partial charge is 0.207 e. The van der Waals surface area contributed by atoms with Crippen LogP contribution in [-0.4, -0.2) is 0 Å². The Kier molecular flexibility index (Phi) is 3.38. The monoisotopic (exact) mass is 226 g/mol. The summed E-state index contributed by atoms with van der Waals surface area (Å²) in [6, 6.07) is 14.9. The standard InChI is InChI=1S/C16H15F/c1-12(2)11-13-3-5-14(6-4-13)15-7-9-16(17)10-8-15/h3-10H,1,11H2,2H3. The van der Waals surface area contributed by atoms with Crippen molar-refractivity contribution >= 4 is 0 Å². The highest BCUT2D eigenvalue weighted by Gasteiger charge is 1.99. The molecule has 0 nitrogen and oxygen atoms in total. The molecule has 2 aromatic rings. The molecule has 0 saturated carbocycles. The Labute approximate surface area is 101 Å². The second-order valence-electron chi connectivity index (χ2n) is 4.34. The van der Waals surface area contributed by atoms with Crippen molar-refractivity contribution in [1.82, 2.24) is 0 Å². The molecule has 0 radical (unpaired) electrons. The van der Waals surface area contributed by atoms with Crippen molar-refractivity contribution in [2.45, 2.75) is 13.3 Å². The molecule has 0 saturated heterocycles. The van der Waals surface area contributed by atoms with Gasteiger partial charge in [-0.3, -0.25) is 0 Å². The van der Waals surface area contributed by atoms with Crippen LogP contribution in [0.15, 0.2) is 60.7 Å². The zero-order valence-electron chi connectivity index (χ0n) is 9.91. The minimum atomic E-state index is -0.201. The van der Waals surface area contributed by atoms with Gasteiger partial charge < -0.3 is 0 Å². The number of allylic oxidation sites excluding steroid dienone is 1. The van der Waals surface area contributed by atoms with E-state index in [1.807, 2.05) is 6.92 Å². The third kappa shape index (κ3) is 3.04. The van der Waals surface area contributed by atoms with E-state index in [4.69, 9.17) is 0 Å². The molecule has 1 heteroatoms. The lowest BCUT2D eigenvalue weighted by Gasteiger charge is -2.04. The molecule has 0 heterocycles. The fraction of sp³-hybridized carbons (Fsp3) is 0.125. The minimum absolute atomic E-state index is 0.201. The van der Waals surface area contributed by atoms with Gasteiger partial charge in [0.25, 0.3) is 0 Å². The first-order valence-electron chi connectivity index (χ1n) is 5.64. The lowest BCUT2D eigenvalue weighted by Crippen LogP contribution is -1.86. The van der Waals surface area contributed by atoms with Gasteiger partial charge in [0.1, 0.15) is 5.82 Å². The molecule has 0 aromatic heterocycles. The molecular weight excluding hydrogens is 211 g/mol. The van der Waals surface area contributed by atoms with E-state index in [2.05, 4.69) is 30.8 Å². The Morgan fingerprint density at radius 2 is 1.41 bits per heavy atom. The molecule has 0 amide bonds. The number of halogens is 1. The minimum Gasteiger partial charge on any atom is -0.207 e. The van der Waals surface area contributed by atoms with E-state index in [9.17, 15) is 4.39 Å². The van der Waals surface area contributed by atoms with Gasteiger partial charge >= 0.3 is 0 Å². The van der Waals surface area contributed by atoms with Gasteiger partial charge in [0.2, 0.25) is 0 Å². The van der Waals surface area contributed by atoms with Gasteiger partial charge in [-0.1, -0.05) is 48.6 Å². The van der Waals surface area contributed by atoms with E-state index in [-0.39, 0.29) is 5.82 Å². The van der Waals surface area contributed by atoms with E-state index in [0.717, 1.165) is 23.1 Å². The maximum absolute atomic E-state index is 12.8. The summed E-state index contributed by atoms with van der Waals surface area (Å²) in [6.07, 6.45) is 0.906. The molecular formula is C16H15F. The molecule has 0 aliphatic rings. The predicted octanol–water partition coefficient (Wildman–Crippen LogP) is 4.61. The topological polar surface area (TPSA) is 0 Å². The second-order valence-corrected chi connectivity index (χ2v) is 4.34. The molecule has 86 valence electrons. The van der Waals surface area contributed by atoms with Crippen molar-refractivity contribution < 1.29 is 4.39 Å². The summed E-state index contributed by atoms with van der Waals surface area (Å²) in [7, 11) is 0. The van der Waals surface area contributed by atoms with Crippen LogP contribution in [0.5, 0.6) is 0 Å². The molecule has 0 N–H and O–H groups in total. The van der Waals surface area contributed by atoms with Crippen LogP contribution in [-0.2, 0) is 6.42 Å². The van der Waals surface area contributed by atoms with Crippen LogP contribution in [0.1, 0.15) is 12.5 Å². The van der Waals surface area contributed by atoms with Gasteiger partial charge in [0.05, 0.1) is 0 Å². The molecule has 0 spiro atoms. The summed E-state index contributed by atoms with van der Waals surface area (Å²) in [6.45, 7) is 5.92. The lowest BCUT2D eigenvalue weighted by molar-refractivity contribution is 0.628. The summed E-state index contributed by atoms with van der Waals surface area (Å²) < 4.78 is 12.8. The fourth-order valence-electron chi connectivity index (χ4n) is 1.81. The van der Waals surface area contributed by atoms with Gasteiger partial charge in [0.15, 0.2) is 0 Å². The highest BCUT2D eigenvalue weighted by molar-refractivity contribution is 5.63. The number of hydrogen-bond donors (Lipinski definition) is 0. The van der Waals surface area contributed by atoms with Crippen LogP contribution in [0.3, 0.4) is 0 Å². The number of hydrogen-bond acceptors (Lipinski definition) is 0. The Hall–Kier alpha value is -1.89. The smallest absolute Gasteiger partial charge is 0.123 e. The van der Waals surface area contributed by atoms with Crippen LogP contribution < -0.4 is 0 Å². The quantitative estimate of drug-likeness (QED) is 0.670. The zero-order chi connectivity index (χ0) is 12.3. The van der Waals surface area contributed by atoms with Gasteiger partial charge in [0, 0.05) is 0 Å². The summed E-state index contributed by atoms with van der Waals surface area (Å²) in [4.78, 5) is 0.